The molecule has 7 heteroatoms. The summed E-state index contributed by atoms with van der Waals surface area (Å²) in [5.41, 5.74) is 0.321. The Morgan fingerprint density at radius 3 is 2.39 bits per heavy atom. The smallest absolute Gasteiger partial charge is 0.191 e. The van der Waals surface area contributed by atoms with Gasteiger partial charge in [-0.25, -0.2) is 0 Å². The van der Waals surface area contributed by atoms with Crippen molar-refractivity contribution in [1.82, 2.24) is 15.5 Å². The van der Waals surface area contributed by atoms with Crippen LogP contribution in [0.2, 0.25) is 0 Å². The number of nitrogens with zero attached hydrogens (tertiary/aromatic N) is 2. The molecule has 0 aromatic rings. The summed E-state index contributed by atoms with van der Waals surface area (Å²) in [6.07, 6.45) is 7.53. The topological polar surface area (TPSA) is 58.1 Å². The SMILES string of the molecule is CCNC(=NCC1(CCOCC)CCCC1)NCC(CCN(C)C)OCC.I. The molecule has 1 atom stereocenters. The lowest BCUT2D eigenvalue weighted by Gasteiger charge is -2.28. The number of hydrogen-bond donors (Lipinski definition) is 2. The molecule has 6 nitrogen and oxygen atoms in total. The fourth-order valence-corrected chi connectivity index (χ4v) is 3.73. The Morgan fingerprint density at radius 1 is 1.11 bits per heavy atom. The Labute approximate surface area is 190 Å². The molecule has 0 saturated heterocycles. The minimum atomic E-state index is 0. The van der Waals surface area contributed by atoms with Crippen molar-refractivity contribution in [3.8, 4) is 0 Å². The lowest BCUT2D eigenvalue weighted by molar-refractivity contribution is 0.0548. The summed E-state index contributed by atoms with van der Waals surface area (Å²) in [7, 11) is 4.20. The van der Waals surface area contributed by atoms with Crippen LogP contribution in [0, 0.1) is 5.41 Å². The van der Waals surface area contributed by atoms with Crippen LogP contribution in [0.5, 0.6) is 0 Å². The van der Waals surface area contributed by atoms with Crippen molar-refractivity contribution in [2.75, 3.05) is 60.1 Å². The van der Waals surface area contributed by atoms with Gasteiger partial charge in [-0.15, -0.1) is 24.0 Å². The number of guanidine groups is 1. The van der Waals surface area contributed by atoms with Crippen LogP contribution < -0.4 is 10.6 Å². The Morgan fingerprint density at radius 2 is 1.82 bits per heavy atom. The van der Waals surface area contributed by atoms with E-state index in [-0.39, 0.29) is 30.1 Å². The summed E-state index contributed by atoms with van der Waals surface area (Å²) in [6, 6.07) is 0. The summed E-state index contributed by atoms with van der Waals surface area (Å²) in [5, 5.41) is 6.90. The van der Waals surface area contributed by atoms with Crippen LogP contribution in [-0.4, -0.2) is 77.1 Å². The number of halogens is 1. The van der Waals surface area contributed by atoms with Gasteiger partial charge in [-0.1, -0.05) is 12.8 Å². The molecular weight excluding hydrogens is 467 g/mol. The van der Waals surface area contributed by atoms with E-state index in [2.05, 4.69) is 50.4 Å². The highest BCUT2D eigenvalue weighted by molar-refractivity contribution is 14.0. The maximum Gasteiger partial charge on any atom is 0.191 e. The zero-order valence-corrected chi connectivity index (χ0v) is 21.2. The summed E-state index contributed by atoms with van der Waals surface area (Å²) in [5.74, 6) is 0.912. The molecule has 28 heavy (non-hydrogen) atoms. The van der Waals surface area contributed by atoms with Gasteiger partial charge in [0, 0.05) is 46.0 Å². The number of nitrogens with one attached hydrogen (secondary N) is 2. The minimum absolute atomic E-state index is 0. The first-order valence-corrected chi connectivity index (χ1v) is 10.9. The summed E-state index contributed by atoms with van der Waals surface area (Å²) in [6.45, 7) is 12.2. The second kappa shape index (κ2) is 16.7. The van der Waals surface area contributed by atoms with Crippen LogP contribution >= 0.6 is 24.0 Å². The van der Waals surface area contributed by atoms with Gasteiger partial charge in [-0.2, -0.15) is 0 Å². The van der Waals surface area contributed by atoms with E-state index in [1.54, 1.807) is 0 Å². The highest BCUT2D eigenvalue weighted by Gasteiger charge is 2.33. The molecule has 0 bridgehead atoms. The molecule has 2 N–H and O–H groups in total. The largest absolute Gasteiger partial charge is 0.382 e. The highest BCUT2D eigenvalue weighted by atomic mass is 127. The van der Waals surface area contributed by atoms with Gasteiger partial charge in [0.05, 0.1) is 6.10 Å². The molecule has 1 rings (SSSR count). The van der Waals surface area contributed by atoms with E-state index < -0.39 is 0 Å². The van der Waals surface area contributed by atoms with Crippen molar-refractivity contribution < 1.29 is 9.47 Å². The Bertz CT molecular complexity index is 402. The van der Waals surface area contributed by atoms with Crippen molar-refractivity contribution in [3.63, 3.8) is 0 Å². The van der Waals surface area contributed by atoms with Crippen molar-refractivity contribution in [2.24, 2.45) is 10.4 Å². The minimum Gasteiger partial charge on any atom is -0.382 e. The van der Waals surface area contributed by atoms with Gasteiger partial charge in [-0.3, -0.25) is 4.99 Å². The van der Waals surface area contributed by atoms with E-state index in [0.717, 1.165) is 64.8 Å². The third-order valence-electron chi connectivity index (χ3n) is 5.36. The molecule has 0 spiro atoms. The average molecular weight is 513 g/mol. The fourth-order valence-electron chi connectivity index (χ4n) is 3.73. The van der Waals surface area contributed by atoms with E-state index in [1.807, 2.05) is 0 Å². The van der Waals surface area contributed by atoms with Crippen LogP contribution in [0.1, 0.15) is 59.3 Å². The second-order valence-corrected chi connectivity index (χ2v) is 7.90. The fraction of sp³-hybridized carbons (Fsp3) is 0.952. The maximum atomic E-state index is 5.90. The van der Waals surface area contributed by atoms with Gasteiger partial charge in [0.1, 0.15) is 0 Å². The number of rotatable bonds is 14. The first kappa shape index (κ1) is 27.9. The van der Waals surface area contributed by atoms with Crippen LogP contribution in [0.15, 0.2) is 4.99 Å². The summed E-state index contributed by atoms with van der Waals surface area (Å²) in [4.78, 5) is 7.15. The molecule has 0 heterocycles. The standard InChI is InChI=1S/C21H44N4O2.HI/c1-6-22-20(23-17-19(27-8-3)11-15-25(4)5)24-18-21(12-9-10-13-21)14-16-26-7-2;/h19H,6-18H2,1-5H3,(H2,22,23,24);1H. The molecule has 168 valence electrons. The van der Waals surface area contributed by atoms with E-state index >= 15 is 0 Å². The predicted octanol–water partition coefficient (Wildman–Crippen LogP) is 3.50. The van der Waals surface area contributed by atoms with Crippen LogP contribution in [-0.2, 0) is 9.47 Å². The first-order chi connectivity index (χ1) is 13.0. The van der Waals surface area contributed by atoms with E-state index in [1.165, 1.54) is 25.7 Å². The molecule has 0 aromatic heterocycles. The predicted molar refractivity (Wildman–Crippen MR) is 130 cm³/mol. The lowest BCUT2D eigenvalue weighted by Crippen LogP contribution is -2.43. The van der Waals surface area contributed by atoms with Gasteiger partial charge >= 0.3 is 0 Å². The summed E-state index contributed by atoms with van der Waals surface area (Å²) < 4.78 is 11.5. The van der Waals surface area contributed by atoms with Crippen molar-refractivity contribution in [2.45, 2.75) is 65.4 Å². The molecule has 1 aliphatic rings. The molecule has 1 saturated carbocycles. The second-order valence-electron chi connectivity index (χ2n) is 7.90. The van der Waals surface area contributed by atoms with Crippen LogP contribution in [0.25, 0.3) is 0 Å². The molecule has 1 aliphatic carbocycles. The van der Waals surface area contributed by atoms with Crippen molar-refractivity contribution >= 4 is 29.9 Å². The molecule has 0 aliphatic heterocycles. The molecule has 0 radical (unpaired) electrons. The van der Waals surface area contributed by atoms with E-state index in [4.69, 9.17) is 14.5 Å². The monoisotopic (exact) mass is 512 g/mol. The van der Waals surface area contributed by atoms with Gasteiger partial charge in [0.15, 0.2) is 5.96 Å². The molecule has 1 fully saturated rings. The quantitative estimate of drug-likeness (QED) is 0.162. The number of ether oxygens (including phenoxy) is 2. The van der Waals surface area contributed by atoms with E-state index in [0.29, 0.717) is 5.41 Å². The third kappa shape index (κ3) is 11.8. The lowest BCUT2D eigenvalue weighted by atomic mass is 9.83. The normalized spacial score (nSPS) is 17.4. The number of aliphatic imine (C=N–C) groups is 1. The Kier molecular flexibility index (Phi) is 16.6. The summed E-state index contributed by atoms with van der Waals surface area (Å²) >= 11 is 0. The highest BCUT2D eigenvalue weighted by Crippen LogP contribution is 2.41. The van der Waals surface area contributed by atoms with Crippen LogP contribution in [0.3, 0.4) is 0 Å². The van der Waals surface area contributed by atoms with Gasteiger partial charge in [0.25, 0.3) is 0 Å². The molecule has 0 aromatic carbocycles. The van der Waals surface area contributed by atoms with Gasteiger partial charge in [-0.05, 0) is 66.0 Å². The average Bonchev–Trinajstić information content (AvgIpc) is 3.11. The first-order valence-electron chi connectivity index (χ1n) is 10.9. The zero-order chi connectivity index (χ0) is 20.0. The van der Waals surface area contributed by atoms with Crippen molar-refractivity contribution in [3.05, 3.63) is 0 Å². The molecular formula is C21H45IN4O2. The zero-order valence-electron chi connectivity index (χ0n) is 18.9. The molecule has 0 amide bonds. The van der Waals surface area contributed by atoms with Gasteiger partial charge < -0.3 is 25.0 Å². The number of hydrogen-bond acceptors (Lipinski definition) is 4. The maximum absolute atomic E-state index is 5.90. The molecule has 1 unspecified atom stereocenters. The Balaban J connectivity index is 0.00000729. The van der Waals surface area contributed by atoms with Crippen molar-refractivity contribution in [1.29, 1.82) is 0 Å². The van der Waals surface area contributed by atoms with Crippen LogP contribution in [0.4, 0.5) is 0 Å². The van der Waals surface area contributed by atoms with E-state index in [9.17, 15) is 0 Å². The van der Waals surface area contributed by atoms with Gasteiger partial charge in [0.2, 0.25) is 0 Å². The Hall–Kier alpha value is -0.120. The third-order valence-corrected chi connectivity index (χ3v) is 5.36.